The Hall–Kier alpha value is -2.02. The van der Waals surface area contributed by atoms with Crippen molar-refractivity contribution in [1.29, 1.82) is 0 Å². The topological polar surface area (TPSA) is 3.24 Å². The van der Waals surface area contributed by atoms with Crippen molar-refractivity contribution in [2.45, 2.75) is 6.42 Å². The summed E-state index contributed by atoms with van der Waals surface area (Å²) >= 11 is 0. The van der Waals surface area contributed by atoms with Gasteiger partial charge in [-0.3, -0.25) is 0 Å². The molecule has 0 radical (unpaired) electrons. The predicted molar refractivity (Wildman–Crippen MR) is 78.9 cm³/mol. The lowest BCUT2D eigenvalue weighted by atomic mass is 9.98. The molecule has 0 atom stereocenters. The molecule has 0 amide bonds. The van der Waals surface area contributed by atoms with Gasteiger partial charge in [-0.2, -0.15) is 0 Å². The van der Waals surface area contributed by atoms with E-state index < -0.39 is 0 Å². The molecule has 3 rings (SSSR count). The minimum Gasteiger partial charge on any atom is -0.377 e. The molecule has 1 nitrogen and oxygen atoms in total. The Balaban J connectivity index is 2.18. The molecule has 0 aliphatic heterocycles. The van der Waals surface area contributed by atoms with Crippen molar-refractivity contribution in [1.82, 2.24) is 0 Å². The van der Waals surface area contributed by atoms with Crippen molar-refractivity contribution in [3.8, 4) is 11.1 Å². The van der Waals surface area contributed by atoms with Gasteiger partial charge >= 0.3 is 0 Å². The van der Waals surface area contributed by atoms with Crippen LogP contribution in [0.5, 0.6) is 0 Å². The standard InChI is InChI=1S/C17H17N/c1-18(2)17-12-15(13-7-4-3-5-8-13)11-14-9-6-10-16(14)17/h3-9,11-12H,10H2,1-2H3. The first kappa shape index (κ1) is 11.1. The van der Waals surface area contributed by atoms with Crippen molar-refractivity contribution in [3.05, 3.63) is 59.7 Å². The van der Waals surface area contributed by atoms with E-state index in [4.69, 9.17) is 0 Å². The van der Waals surface area contributed by atoms with Crippen LogP contribution < -0.4 is 4.90 Å². The first-order valence-electron chi connectivity index (χ1n) is 6.32. The number of rotatable bonds is 2. The van der Waals surface area contributed by atoms with E-state index in [1.165, 1.54) is 27.9 Å². The Labute approximate surface area is 108 Å². The van der Waals surface area contributed by atoms with Gasteiger partial charge in [-0.15, -0.1) is 0 Å². The molecule has 0 bridgehead atoms. The van der Waals surface area contributed by atoms with Crippen LogP contribution in [0.15, 0.2) is 48.5 Å². The number of allylic oxidation sites excluding steroid dienone is 1. The molecular formula is C17H17N. The van der Waals surface area contributed by atoms with Crippen LogP contribution in [0.3, 0.4) is 0 Å². The average molecular weight is 235 g/mol. The van der Waals surface area contributed by atoms with E-state index in [9.17, 15) is 0 Å². The molecule has 2 aromatic carbocycles. The van der Waals surface area contributed by atoms with Crippen LogP contribution in [-0.2, 0) is 6.42 Å². The van der Waals surface area contributed by atoms with Gasteiger partial charge in [0.2, 0.25) is 0 Å². The van der Waals surface area contributed by atoms with Crippen LogP contribution >= 0.6 is 0 Å². The van der Waals surface area contributed by atoms with E-state index in [1.54, 1.807) is 0 Å². The number of benzene rings is 2. The number of nitrogens with zero attached hydrogens (tertiary/aromatic N) is 1. The van der Waals surface area contributed by atoms with E-state index >= 15 is 0 Å². The Bertz CT molecular complexity index is 595. The Kier molecular flexibility index (Phi) is 2.67. The molecule has 0 fully saturated rings. The zero-order chi connectivity index (χ0) is 12.5. The van der Waals surface area contributed by atoms with E-state index in [0.29, 0.717) is 0 Å². The van der Waals surface area contributed by atoms with Crippen LogP contribution in [0.25, 0.3) is 17.2 Å². The third-order valence-electron chi connectivity index (χ3n) is 3.47. The van der Waals surface area contributed by atoms with Gasteiger partial charge in [0, 0.05) is 19.8 Å². The van der Waals surface area contributed by atoms with Crippen LogP contribution in [0, 0.1) is 0 Å². The summed E-state index contributed by atoms with van der Waals surface area (Å²) in [5.41, 5.74) is 6.71. The predicted octanol–water partition coefficient (Wildman–Crippen LogP) is 3.99. The molecule has 0 heterocycles. The quantitative estimate of drug-likeness (QED) is 0.760. The number of fused-ring (bicyclic) bond motifs is 1. The Morgan fingerprint density at radius 3 is 2.44 bits per heavy atom. The second-order valence-electron chi connectivity index (χ2n) is 4.93. The molecule has 2 aromatic rings. The van der Waals surface area contributed by atoms with Gasteiger partial charge in [0.25, 0.3) is 0 Å². The van der Waals surface area contributed by atoms with Gasteiger partial charge in [0.15, 0.2) is 0 Å². The summed E-state index contributed by atoms with van der Waals surface area (Å²) in [7, 11) is 4.23. The van der Waals surface area contributed by atoms with Crippen LogP contribution in [0.2, 0.25) is 0 Å². The molecule has 1 aliphatic carbocycles. The Morgan fingerprint density at radius 2 is 1.72 bits per heavy atom. The molecule has 0 saturated carbocycles. The molecule has 0 aromatic heterocycles. The molecule has 0 unspecified atom stereocenters. The number of hydrogen-bond acceptors (Lipinski definition) is 1. The first-order valence-corrected chi connectivity index (χ1v) is 6.32. The van der Waals surface area contributed by atoms with Crippen molar-refractivity contribution in [2.75, 3.05) is 19.0 Å². The summed E-state index contributed by atoms with van der Waals surface area (Å²) in [6.07, 6.45) is 5.53. The van der Waals surface area contributed by atoms with Gasteiger partial charge in [-0.05, 0) is 40.8 Å². The average Bonchev–Trinajstić information content (AvgIpc) is 2.86. The van der Waals surface area contributed by atoms with Crippen LogP contribution in [0.1, 0.15) is 11.1 Å². The molecule has 0 N–H and O–H groups in total. The highest BCUT2D eigenvalue weighted by Crippen LogP contribution is 2.34. The highest BCUT2D eigenvalue weighted by atomic mass is 15.1. The zero-order valence-electron chi connectivity index (χ0n) is 10.9. The summed E-state index contributed by atoms with van der Waals surface area (Å²) < 4.78 is 0. The zero-order valence-corrected chi connectivity index (χ0v) is 10.9. The molecule has 1 heteroatoms. The maximum atomic E-state index is 2.29. The van der Waals surface area contributed by atoms with Gasteiger partial charge in [0.05, 0.1) is 0 Å². The fourth-order valence-corrected chi connectivity index (χ4v) is 2.55. The third kappa shape index (κ3) is 1.82. The smallest absolute Gasteiger partial charge is 0.0409 e. The minimum absolute atomic E-state index is 1.05. The van der Waals surface area contributed by atoms with E-state index in [1.807, 2.05) is 0 Å². The summed E-state index contributed by atoms with van der Waals surface area (Å²) in [5, 5.41) is 0. The molecule has 0 saturated heterocycles. The van der Waals surface area contributed by atoms with Crippen molar-refractivity contribution >= 4 is 11.8 Å². The van der Waals surface area contributed by atoms with Gasteiger partial charge in [0.1, 0.15) is 0 Å². The molecule has 0 spiro atoms. The molecular weight excluding hydrogens is 218 g/mol. The number of hydrogen-bond donors (Lipinski definition) is 0. The van der Waals surface area contributed by atoms with Crippen molar-refractivity contribution < 1.29 is 0 Å². The van der Waals surface area contributed by atoms with E-state index in [2.05, 4.69) is 73.6 Å². The first-order chi connectivity index (χ1) is 8.75. The van der Waals surface area contributed by atoms with Crippen molar-refractivity contribution in [3.63, 3.8) is 0 Å². The molecule has 18 heavy (non-hydrogen) atoms. The van der Waals surface area contributed by atoms with E-state index in [0.717, 1.165) is 6.42 Å². The monoisotopic (exact) mass is 235 g/mol. The largest absolute Gasteiger partial charge is 0.377 e. The lowest BCUT2D eigenvalue weighted by molar-refractivity contribution is 1.10. The highest BCUT2D eigenvalue weighted by molar-refractivity contribution is 5.78. The summed E-state index contributed by atoms with van der Waals surface area (Å²) in [6.45, 7) is 0. The van der Waals surface area contributed by atoms with Gasteiger partial charge < -0.3 is 4.90 Å². The normalized spacial score (nSPS) is 12.6. The maximum Gasteiger partial charge on any atom is 0.0409 e. The fourth-order valence-electron chi connectivity index (χ4n) is 2.55. The van der Waals surface area contributed by atoms with Crippen LogP contribution in [-0.4, -0.2) is 14.1 Å². The highest BCUT2D eigenvalue weighted by Gasteiger charge is 2.14. The second kappa shape index (κ2) is 4.34. The summed E-state index contributed by atoms with van der Waals surface area (Å²) in [5.74, 6) is 0. The lowest BCUT2D eigenvalue weighted by Gasteiger charge is -2.19. The summed E-state index contributed by atoms with van der Waals surface area (Å²) in [6, 6.07) is 15.2. The minimum atomic E-state index is 1.05. The van der Waals surface area contributed by atoms with Crippen LogP contribution in [0.4, 0.5) is 5.69 Å². The van der Waals surface area contributed by atoms with Gasteiger partial charge in [-0.1, -0.05) is 42.5 Å². The summed E-state index contributed by atoms with van der Waals surface area (Å²) in [4.78, 5) is 2.21. The van der Waals surface area contributed by atoms with Gasteiger partial charge in [-0.25, -0.2) is 0 Å². The second-order valence-corrected chi connectivity index (χ2v) is 4.93. The molecule has 90 valence electrons. The SMILES string of the molecule is CN(C)c1cc(-c2ccccc2)cc2c1CC=C2. The van der Waals surface area contributed by atoms with E-state index in [-0.39, 0.29) is 0 Å². The maximum absolute atomic E-state index is 2.29. The third-order valence-corrected chi connectivity index (χ3v) is 3.47. The Morgan fingerprint density at radius 1 is 0.944 bits per heavy atom. The number of anilines is 1. The lowest BCUT2D eigenvalue weighted by Crippen LogP contribution is -2.11. The van der Waals surface area contributed by atoms with Crippen molar-refractivity contribution in [2.24, 2.45) is 0 Å². The fraction of sp³-hybridized carbons (Fsp3) is 0.176. The molecule has 1 aliphatic rings.